The lowest BCUT2D eigenvalue weighted by Crippen LogP contribution is -2.10. The van der Waals surface area contributed by atoms with Crippen LogP contribution in [-0.4, -0.2) is 0 Å². The summed E-state index contributed by atoms with van der Waals surface area (Å²) in [6.07, 6.45) is 0. The SMILES string of the molecule is C=C(c1ccc(C(=C)c2ccc(N(c3ccc(C)cc3)c3ccc(C)cc3)cc2)cc1)c1ccc(N(c2ccc(C)cc2)c2ccc(C)cc2)cc1. The van der Waals surface area contributed by atoms with E-state index in [1.807, 2.05) is 0 Å². The molecule has 0 fully saturated rings. The van der Waals surface area contributed by atoms with Gasteiger partial charge in [0.05, 0.1) is 0 Å². The van der Waals surface area contributed by atoms with Crippen LogP contribution in [0.5, 0.6) is 0 Å². The Morgan fingerprint density at radius 1 is 0.269 bits per heavy atom. The molecule has 0 radical (unpaired) electrons. The summed E-state index contributed by atoms with van der Waals surface area (Å²) in [7, 11) is 0. The van der Waals surface area contributed by atoms with Gasteiger partial charge in [0.15, 0.2) is 0 Å². The van der Waals surface area contributed by atoms with Crippen LogP contribution in [0.15, 0.2) is 183 Å². The van der Waals surface area contributed by atoms with Crippen LogP contribution < -0.4 is 9.80 Å². The fraction of sp³-hybridized carbons (Fsp3) is 0.0800. The van der Waals surface area contributed by atoms with Crippen LogP contribution in [0, 0.1) is 27.7 Å². The van der Waals surface area contributed by atoms with E-state index < -0.39 is 0 Å². The number of anilines is 6. The quantitative estimate of drug-likeness (QED) is 0.143. The highest BCUT2D eigenvalue weighted by Gasteiger charge is 2.15. The predicted molar refractivity (Wildman–Crippen MR) is 224 cm³/mol. The first-order chi connectivity index (χ1) is 25.2. The molecule has 7 rings (SSSR count). The van der Waals surface area contributed by atoms with Crippen LogP contribution in [0.3, 0.4) is 0 Å². The number of aryl methyl sites for hydroxylation is 4. The van der Waals surface area contributed by atoms with Crippen molar-refractivity contribution < 1.29 is 0 Å². The van der Waals surface area contributed by atoms with E-state index in [1.165, 1.54) is 22.3 Å². The van der Waals surface area contributed by atoms with Crippen molar-refractivity contribution in [2.24, 2.45) is 0 Å². The van der Waals surface area contributed by atoms with Crippen LogP contribution in [0.2, 0.25) is 0 Å². The zero-order chi connectivity index (χ0) is 36.2. The largest absolute Gasteiger partial charge is 0.311 e. The maximum Gasteiger partial charge on any atom is 0.0462 e. The summed E-state index contributed by atoms with van der Waals surface area (Å²) in [5.74, 6) is 0. The Morgan fingerprint density at radius 3 is 0.615 bits per heavy atom. The average molecular weight is 673 g/mol. The second-order valence-electron chi connectivity index (χ2n) is 13.6. The maximum absolute atomic E-state index is 4.48. The number of hydrogen-bond acceptors (Lipinski definition) is 2. The monoisotopic (exact) mass is 672 g/mol. The van der Waals surface area contributed by atoms with Gasteiger partial charge in [-0.2, -0.15) is 0 Å². The minimum atomic E-state index is 0.984. The van der Waals surface area contributed by atoms with Crippen molar-refractivity contribution in [2.75, 3.05) is 9.80 Å². The molecule has 0 saturated carbocycles. The van der Waals surface area contributed by atoms with Crippen molar-refractivity contribution in [3.63, 3.8) is 0 Å². The summed E-state index contributed by atoms with van der Waals surface area (Å²) in [6, 6.07) is 60.7. The summed E-state index contributed by atoms with van der Waals surface area (Å²) < 4.78 is 0. The molecule has 7 aromatic rings. The molecular formula is C50H44N2. The zero-order valence-corrected chi connectivity index (χ0v) is 30.5. The molecule has 0 aliphatic rings. The first-order valence-electron chi connectivity index (χ1n) is 17.8. The first-order valence-corrected chi connectivity index (χ1v) is 17.8. The van der Waals surface area contributed by atoms with Gasteiger partial charge in [-0.25, -0.2) is 0 Å². The third kappa shape index (κ3) is 7.38. The standard InChI is InChI=1S/C50H44N2/c1-35-7-23-45(24-8-35)51(46-25-9-36(2)10-26-46)49-31-19-43(20-32-49)39(5)41-15-17-42(18-16-41)40(6)44-21-33-50(34-22-44)52(47-27-11-37(3)12-28-47)48-29-13-38(4)14-30-48/h7-34H,5-6H2,1-4H3. The highest BCUT2D eigenvalue weighted by atomic mass is 15.1. The van der Waals surface area contributed by atoms with E-state index in [9.17, 15) is 0 Å². The summed E-state index contributed by atoms with van der Waals surface area (Å²) in [4.78, 5) is 4.59. The molecule has 0 heterocycles. The Kier molecular flexibility index (Phi) is 9.73. The normalized spacial score (nSPS) is 10.8. The van der Waals surface area contributed by atoms with Gasteiger partial charge in [0.2, 0.25) is 0 Å². The lowest BCUT2D eigenvalue weighted by atomic mass is 9.94. The van der Waals surface area contributed by atoms with E-state index in [4.69, 9.17) is 0 Å². The molecule has 0 aliphatic heterocycles. The van der Waals surface area contributed by atoms with Crippen molar-refractivity contribution in [1.82, 2.24) is 0 Å². The highest BCUT2D eigenvalue weighted by Crippen LogP contribution is 2.38. The van der Waals surface area contributed by atoms with Crippen LogP contribution in [0.25, 0.3) is 11.1 Å². The molecule has 0 bridgehead atoms. The zero-order valence-electron chi connectivity index (χ0n) is 30.5. The number of benzene rings is 7. The summed E-state index contributed by atoms with van der Waals surface area (Å²) in [5, 5.41) is 0. The van der Waals surface area contributed by atoms with Gasteiger partial charge >= 0.3 is 0 Å². The lowest BCUT2D eigenvalue weighted by molar-refractivity contribution is 1.27. The predicted octanol–water partition coefficient (Wildman–Crippen LogP) is 14.0. The Hall–Kier alpha value is -6.38. The van der Waals surface area contributed by atoms with E-state index in [-0.39, 0.29) is 0 Å². The summed E-state index contributed by atoms with van der Waals surface area (Å²) in [5.41, 5.74) is 18.0. The molecule has 2 heteroatoms. The van der Waals surface area contributed by atoms with Gasteiger partial charge in [-0.05, 0) is 134 Å². The van der Waals surface area contributed by atoms with Gasteiger partial charge in [-0.1, -0.05) is 132 Å². The number of rotatable bonds is 10. The molecule has 0 atom stereocenters. The highest BCUT2D eigenvalue weighted by molar-refractivity contribution is 5.85. The minimum Gasteiger partial charge on any atom is -0.311 e. The Morgan fingerprint density at radius 2 is 0.423 bits per heavy atom. The average Bonchev–Trinajstić information content (AvgIpc) is 3.18. The van der Waals surface area contributed by atoms with Gasteiger partial charge in [0.25, 0.3) is 0 Å². The van der Waals surface area contributed by atoms with Gasteiger partial charge in [0, 0.05) is 34.1 Å². The maximum atomic E-state index is 4.48. The van der Waals surface area contributed by atoms with E-state index >= 15 is 0 Å². The fourth-order valence-electron chi connectivity index (χ4n) is 6.50. The van der Waals surface area contributed by atoms with E-state index in [2.05, 4.69) is 221 Å². The minimum absolute atomic E-state index is 0.984. The summed E-state index contributed by atoms with van der Waals surface area (Å²) in [6.45, 7) is 17.4. The molecule has 0 aromatic heterocycles. The fourth-order valence-corrected chi connectivity index (χ4v) is 6.50. The molecule has 0 aliphatic carbocycles. The van der Waals surface area contributed by atoms with Crippen molar-refractivity contribution in [2.45, 2.75) is 27.7 Å². The van der Waals surface area contributed by atoms with Crippen molar-refractivity contribution in [1.29, 1.82) is 0 Å². The molecule has 0 unspecified atom stereocenters. The summed E-state index contributed by atoms with van der Waals surface area (Å²) >= 11 is 0. The third-order valence-corrected chi connectivity index (χ3v) is 9.70. The van der Waals surface area contributed by atoms with Crippen molar-refractivity contribution >= 4 is 45.3 Å². The van der Waals surface area contributed by atoms with E-state index in [0.717, 1.165) is 67.5 Å². The molecule has 0 saturated heterocycles. The molecule has 2 nitrogen and oxygen atoms in total. The first kappa shape index (κ1) is 34.1. The molecule has 52 heavy (non-hydrogen) atoms. The second kappa shape index (κ2) is 14.8. The van der Waals surface area contributed by atoms with Gasteiger partial charge < -0.3 is 9.80 Å². The molecular weight excluding hydrogens is 629 g/mol. The smallest absolute Gasteiger partial charge is 0.0462 e. The van der Waals surface area contributed by atoms with Crippen LogP contribution >= 0.6 is 0 Å². The van der Waals surface area contributed by atoms with Crippen molar-refractivity contribution in [3.05, 3.63) is 228 Å². The molecule has 0 N–H and O–H groups in total. The van der Waals surface area contributed by atoms with E-state index in [1.54, 1.807) is 0 Å². The lowest BCUT2D eigenvalue weighted by Gasteiger charge is -2.26. The van der Waals surface area contributed by atoms with E-state index in [0.29, 0.717) is 0 Å². The van der Waals surface area contributed by atoms with Gasteiger partial charge in [0.1, 0.15) is 0 Å². The van der Waals surface area contributed by atoms with Crippen LogP contribution in [0.1, 0.15) is 44.5 Å². The van der Waals surface area contributed by atoms with Crippen LogP contribution in [0.4, 0.5) is 34.1 Å². The Balaban J connectivity index is 1.08. The second-order valence-corrected chi connectivity index (χ2v) is 13.6. The topological polar surface area (TPSA) is 6.48 Å². The molecule has 7 aromatic carbocycles. The van der Waals surface area contributed by atoms with Gasteiger partial charge in [-0.15, -0.1) is 0 Å². The third-order valence-electron chi connectivity index (χ3n) is 9.70. The Bertz CT molecular complexity index is 2030. The molecule has 0 spiro atoms. The number of nitrogens with zero attached hydrogens (tertiary/aromatic N) is 2. The van der Waals surface area contributed by atoms with Crippen LogP contribution in [-0.2, 0) is 0 Å². The molecule has 0 amide bonds. The van der Waals surface area contributed by atoms with Gasteiger partial charge in [-0.3, -0.25) is 0 Å². The Labute approximate surface area is 309 Å². The van der Waals surface area contributed by atoms with Crippen molar-refractivity contribution in [3.8, 4) is 0 Å². The number of hydrogen-bond donors (Lipinski definition) is 0. The molecule has 254 valence electrons.